The summed E-state index contributed by atoms with van der Waals surface area (Å²) in [7, 11) is 1.78. The lowest BCUT2D eigenvalue weighted by molar-refractivity contribution is 0.234. The van der Waals surface area contributed by atoms with Crippen molar-refractivity contribution in [1.82, 2.24) is 5.32 Å². The second-order valence-electron chi connectivity index (χ2n) is 7.14. The topological polar surface area (TPSA) is 21.3 Å². The van der Waals surface area contributed by atoms with Crippen LogP contribution < -0.4 is 10.1 Å². The van der Waals surface area contributed by atoms with Crippen molar-refractivity contribution in [2.24, 2.45) is 11.8 Å². The van der Waals surface area contributed by atoms with Gasteiger partial charge in [0.25, 0.3) is 0 Å². The van der Waals surface area contributed by atoms with Crippen molar-refractivity contribution in [1.29, 1.82) is 0 Å². The zero-order chi connectivity index (χ0) is 14.7. The maximum atomic E-state index is 5.48. The minimum Gasteiger partial charge on any atom is -0.496 e. The van der Waals surface area contributed by atoms with Gasteiger partial charge in [0.1, 0.15) is 5.75 Å². The molecular formula is C19H29NO. The van der Waals surface area contributed by atoms with Crippen molar-refractivity contribution in [2.45, 2.75) is 57.4 Å². The molecule has 2 heteroatoms. The van der Waals surface area contributed by atoms with Gasteiger partial charge in [-0.2, -0.15) is 0 Å². The van der Waals surface area contributed by atoms with Crippen molar-refractivity contribution in [3.05, 3.63) is 29.8 Å². The number of ether oxygens (including phenoxy) is 1. The number of rotatable bonds is 5. The minimum atomic E-state index is 0.685. The summed E-state index contributed by atoms with van der Waals surface area (Å²) in [6.07, 6.45) is 8.25. The molecule has 0 atom stereocenters. The quantitative estimate of drug-likeness (QED) is 0.869. The van der Waals surface area contributed by atoms with Crippen LogP contribution in [0.5, 0.6) is 5.75 Å². The Morgan fingerprint density at radius 1 is 1.10 bits per heavy atom. The van der Waals surface area contributed by atoms with Gasteiger partial charge in [0.05, 0.1) is 7.11 Å². The molecule has 1 aromatic carbocycles. The molecule has 1 N–H and O–H groups in total. The van der Waals surface area contributed by atoms with Crippen LogP contribution in [0.4, 0.5) is 0 Å². The van der Waals surface area contributed by atoms with Crippen molar-refractivity contribution in [3.8, 4) is 5.75 Å². The summed E-state index contributed by atoms with van der Waals surface area (Å²) in [5, 5.41) is 3.80. The first-order valence-corrected chi connectivity index (χ1v) is 8.62. The van der Waals surface area contributed by atoms with Crippen LogP contribution >= 0.6 is 0 Å². The summed E-state index contributed by atoms with van der Waals surface area (Å²) in [4.78, 5) is 0. The van der Waals surface area contributed by atoms with E-state index in [1.165, 1.54) is 50.6 Å². The SMILES string of the molecule is COc1ccccc1C1CC(NCC2CCC(C)CC2)C1. The van der Waals surface area contributed by atoms with Gasteiger partial charge in [0, 0.05) is 6.04 Å². The maximum Gasteiger partial charge on any atom is 0.122 e. The molecule has 0 spiro atoms. The van der Waals surface area contributed by atoms with E-state index in [1.54, 1.807) is 7.11 Å². The second-order valence-corrected chi connectivity index (χ2v) is 7.14. The van der Waals surface area contributed by atoms with Crippen LogP contribution in [-0.2, 0) is 0 Å². The molecular weight excluding hydrogens is 258 g/mol. The average Bonchev–Trinajstić information content (AvgIpc) is 2.48. The Labute approximate surface area is 129 Å². The van der Waals surface area contributed by atoms with E-state index < -0.39 is 0 Å². The van der Waals surface area contributed by atoms with Crippen molar-refractivity contribution >= 4 is 0 Å². The lowest BCUT2D eigenvalue weighted by Gasteiger charge is -2.38. The molecule has 0 heterocycles. The van der Waals surface area contributed by atoms with E-state index in [0.29, 0.717) is 5.92 Å². The summed E-state index contributed by atoms with van der Waals surface area (Å²) in [6.45, 7) is 3.63. The van der Waals surface area contributed by atoms with E-state index in [0.717, 1.165) is 23.6 Å². The third kappa shape index (κ3) is 3.60. The number of hydrogen-bond donors (Lipinski definition) is 1. The average molecular weight is 287 g/mol. The molecule has 0 radical (unpaired) electrons. The van der Waals surface area contributed by atoms with Crippen LogP contribution in [-0.4, -0.2) is 19.7 Å². The second kappa shape index (κ2) is 6.83. The largest absolute Gasteiger partial charge is 0.496 e. The van der Waals surface area contributed by atoms with Crippen LogP contribution in [0, 0.1) is 11.8 Å². The molecule has 2 saturated carbocycles. The van der Waals surface area contributed by atoms with Gasteiger partial charge in [-0.3, -0.25) is 0 Å². The third-order valence-corrected chi connectivity index (χ3v) is 5.55. The molecule has 0 aliphatic heterocycles. The van der Waals surface area contributed by atoms with Crippen LogP contribution in [0.1, 0.15) is 56.9 Å². The van der Waals surface area contributed by atoms with Gasteiger partial charge in [0.2, 0.25) is 0 Å². The first-order chi connectivity index (χ1) is 10.3. The molecule has 1 aromatic rings. The van der Waals surface area contributed by atoms with Gasteiger partial charge >= 0.3 is 0 Å². The van der Waals surface area contributed by atoms with Crippen LogP contribution in [0.15, 0.2) is 24.3 Å². The first-order valence-electron chi connectivity index (χ1n) is 8.62. The van der Waals surface area contributed by atoms with E-state index in [2.05, 4.69) is 36.5 Å². The smallest absolute Gasteiger partial charge is 0.122 e. The monoisotopic (exact) mass is 287 g/mol. The number of hydrogen-bond acceptors (Lipinski definition) is 2. The summed E-state index contributed by atoms with van der Waals surface area (Å²) >= 11 is 0. The fraction of sp³-hybridized carbons (Fsp3) is 0.684. The number of methoxy groups -OCH3 is 1. The highest BCUT2D eigenvalue weighted by molar-refractivity contribution is 5.37. The number of nitrogens with one attached hydrogen (secondary N) is 1. The summed E-state index contributed by atoms with van der Waals surface area (Å²) in [5.41, 5.74) is 1.39. The molecule has 116 valence electrons. The Morgan fingerprint density at radius 3 is 2.52 bits per heavy atom. The summed E-state index contributed by atoms with van der Waals surface area (Å²) in [5.74, 6) is 3.62. The first kappa shape index (κ1) is 14.9. The molecule has 2 aliphatic rings. The van der Waals surface area contributed by atoms with Crippen LogP contribution in [0.2, 0.25) is 0 Å². The standard InChI is InChI=1S/C19H29NO/c1-14-7-9-15(10-8-14)13-20-17-11-16(12-17)18-5-3-4-6-19(18)21-2/h3-6,14-17,20H,7-13H2,1-2H3. The molecule has 2 nitrogen and oxygen atoms in total. The molecule has 0 saturated heterocycles. The third-order valence-electron chi connectivity index (χ3n) is 5.55. The van der Waals surface area contributed by atoms with Crippen LogP contribution in [0.3, 0.4) is 0 Å². The van der Waals surface area contributed by atoms with Gasteiger partial charge in [-0.25, -0.2) is 0 Å². The number of para-hydroxylation sites is 1. The molecule has 21 heavy (non-hydrogen) atoms. The molecule has 0 amide bonds. The molecule has 0 bridgehead atoms. The summed E-state index contributed by atoms with van der Waals surface area (Å²) in [6, 6.07) is 9.21. The minimum absolute atomic E-state index is 0.685. The van der Waals surface area contributed by atoms with Gasteiger partial charge in [-0.05, 0) is 61.6 Å². The predicted molar refractivity (Wildman–Crippen MR) is 87.9 cm³/mol. The molecule has 3 rings (SSSR count). The molecule has 2 aliphatic carbocycles. The Hall–Kier alpha value is -1.02. The van der Waals surface area contributed by atoms with Crippen molar-refractivity contribution in [2.75, 3.05) is 13.7 Å². The van der Waals surface area contributed by atoms with E-state index >= 15 is 0 Å². The maximum absolute atomic E-state index is 5.48. The van der Waals surface area contributed by atoms with Gasteiger partial charge < -0.3 is 10.1 Å². The zero-order valence-corrected chi connectivity index (χ0v) is 13.5. The van der Waals surface area contributed by atoms with Crippen molar-refractivity contribution in [3.63, 3.8) is 0 Å². The Morgan fingerprint density at radius 2 is 1.81 bits per heavy atom. The Kier molecular flexibility index (Phi) is 4.84. The fourth-order valence-corrected chi connectivity index (χ4v) is 3.91. The highest BCUT2D eigenvalue weighted by Crippen LogP contribution is 2.41. The van der Waals surface area contributed by atoms with Gasteiger partial charge in [0.15, 0.2) is 0 Å². The van der Waals surface area contributed by atoms with Crippen molar-refractivity contribution < 1.29 is 4.74 Å². The Balaban J connectivity index is 1.42. The lowest BCUT2D eigenvalue weighted by Crippen LogP contribution is -2.42. The highest BCUT2D eigenvalue weighted by Gasteiger charge is 2.32. The van der Waals surface area contributed by atoms with E-state index in [4.69, 9.17) is 4.74 Å². The summed E-state index contributed by atoms with van der Waals surface area (Å²) < 4.78 is 5.48. The highest BCUT2D eigenvalue weighted by atomic mass is 16.5. The van der Waals surface area contributed by atoms with Gasteiger partial charge in [-0.1, -0.05) is 38.0 Å². The van der Waals surface area contributed by atoms with Crippen LogP contribution in [0.25, 0.3) is 0 Å². The van der Waals surface area contributed by atoms with Gasteiger partial charge in [-0.15, -0.1) is 0 Å². The molecule has 2 fully saturated rings. The van der Waals surface area contributed by atoms with E-state index in [1.807, 2.05) is 0 Å². The molecule has 0 unspecified atom stereocenters. The molecule has 0 aromatic heterocycles. The normalized spacial score (nSPS) is 32.5. The lowest BCUT2D eigenvalue weighted by atomic mass is 9.75. The van der Waals surface area contributed by atoms with E-state index in [-0.39, 0.29) is 0 Å². The zero-order valence-electron chi connectivity index (χ0n) is 13.5. The Bertz CT molecular complexity index is 445. The number of benzene rings is 1. The predicted octanol–water partition coefficient (Wildman–Crippen LogP) is 4.36. The fourth-order valence-electron chi connectivity index (χ4n) is 3.91. The van der Waals surface area contributed by atoms with E-state index in [9.17, 15) is 0 Å².